The maximum absolute atomic E-state index is 12.1. The molecule has 0 saturated heterocycles. The number of aryl methyl sites for hydroxylation is 1. The first-order valence-corrected chi connectivity index (χ1v) is 4.99. The fourth-order valence-corrected chi connectivity index (χ4v) is 1.74. The van der Waals surface area contributed by atoms with Gasteiger partial charge in [-0.1, -0.05) is 6.07 Å². The van der Waals surface area contributed by atoms with Crippen molar-refractivity contribution in [1.29, 1.82) is 0 Å². The largest absolute Gasteiger partial charge is 0.268 e. The minimum absolute atomic E-state index is 0.0724. The van der Waals surface area contributed by atoms with Crippen LogP contribution in [0.4, 0.5) is 0 Å². The van der Waals surface area contributed by atoms with Gasteiger partial charge in [0.15, 0.2) is 5.65 Å². The van der Waals surface area contributed by atoms with Crippen LogP contribution in [0.25, 0.3) is 16.7 Å². The number of pyridine rings is 2. The third kappa shape index (κ3) is 1.20. The molecule has 0 spiro atoms. The summed E-state index contributed by atoms with van der Waals surface area (Å²) in [6.07, 6.45) is 3.43. The molecule has 16 heavy (non-hydrogen) atoms. The second-order valence-electron chi connectivity index (χ2n) is 3.73. The number of rotatable bonds is 0. The highest BCUT2D eigenvalue weighted by molar-refractivity contribution is 5.75. The number of nitrogens with zero attached hydrogens (tertiary/aromatic N) is 3. The van der Waals surface area contributed by atoms with Gasteiger partial charge in [0.05, 0.1) is 5.39 Å². The van der Waals surface area contributed by atoms with Gasteiger partial charge in [0.1, 0.15) is 5.65 Å². The molecule has 4 nitrogen and oxygen atoms in total. The maximum Gasteiger partial charge on any atom is 0.267 e. The fourth-order valence-electron chi connectivity index (χ4n) is 1.74. The van der Waals surface area contributed by atoms with E-state index in [0.29, 0.717) is 16.7 Å². The van der Waals surface area contributed by atoms with Crippen LogP contribution in [-0.4, -0.2) is 14.4 Å². The summed E-state index contributed by atoms with van der Waals surface area (Å²) in [4.78, 5) is 20.5. The van der Waals surface area contributed by atoms with Gasteiger partial charge in [-0.25, -0.2) is 9.97 Å². The third-order valence-corrected chi connectivity index (χ3v) is 2.53. The highest BCUT2D eigenvalue weighted by Gasteiger charge is 2.04. The average molecular weight is 211 g/mol. The minimum Gasteiger partial charge on any atom is -0.268 e. The Bertz CT molecular complexity index is 746. The molecular formula is C12H9N3O. The van der Waals surface area contributed by atoms with Gasteiger partial charge in [-0.15, -0.1) is 0 Å². The van der Waals surface area contributed by atoms with Crippen LogP contribution in [0.1, 0.15) is 5.56 Å². The van der Waals surface area contributed by atoms with Gasteiger partial charge in [-0.05, 0) is 30.7 Å². The Hall–Kier alpha value is -2.23. The minimum atomic E-state index is -0.0724. The zero-order valence-electron chi connectivity index (χ0n) is 8.71. The molecule has 0 aliphatic rings. The van der Waals surface area contributed by atoms with Gasteiger partial charge in [0.25, 0.3) is 5.56 Å². The predicted octanol–water partition coefficient (Wildman–Crippen LogP) is 1.55. The molecule has 3 rings (SSSR count). The Balaban J connectivity index is 2.61. The van der Waals surface area contributed by atoms with E-state index in [1.165, 1.54) is 0 Å². The standard InChI is InChI=1S/C12H9N3O/c1-8-4-5-10-14-11-9(3-2-6-13-11)12(16)15(10)7-8/h2-7H,1H3. The van der Waals surface area contributed by atoms with Crippen LogP contribution in [0.3, 0.4) is 0 Å². The summed E-state index contributed by atoms with van der Waals surface area (Å²) in [5, 5.41) is 0.547. The first-order valence-electron chi connectivity index (χ1n) is 4.99. The molecule has 3 heterocycles. The Morgan fingerprint density at radius 2 is 2.12 bits per heavy atom. The van der Waals surface area contributed by atoms with Crippen molar-refractivity contribution >= 4 is 16.7 Å². The molecule has 3 aromatic heterocycles. The second kappa shape index (κ2) is 3.13. The summed E-state index contributed by atoms with van der Waals surface area (Å²) in [5.74, 6) is 0. The molecule has 0 aliphatic carbocycles. The molecule has 4 heteroatoms. The monoisotopic (exact) mass is 211 g/mol. The van der Waals surface area contributed by atoms with Crippen molar-refractivity contribution in [3.63, 3.8) is 0 Å². The SMILES string of the molecule is Cc1ccc2nc3ncccc3c(=O)n2c1. The van der Waals surface area contributed by atoms with Crippen molar-refractivity contribution in [2.24, 2.45) is 0 Å². The molecule has 78 valence electrons. The van der Waals surface area contributed by atoms with Crippen molar-refractivity contribution in [2.45, 2.75) is 6.92 Å². The zero-order valence-corrected chi connectivity index (χ0v) is 8.71. The molecule has 0 saturated carbocycles. The Labute approximate surface area is 91.2 Å². The first kappa shape index (κ1) is 9.03. The summed E-state index contributed by atoms with van der Waals surface area (Å²) < 4.78 is 1.55. The van der Waals surface area contributed by atoms with Gasteiger partial charge in [0.2, 0.25) is 0 Å². The van der Waals surface area contributed by atoms with Crippen molar-refractivity contribution in [1.82, 2.24) is 14.4 Å². The summed E-state index contributed by atoms with van der Waals surface area (Å²) in [7, 11) is 0. The van der Waals surface area contributed by atoms with Crippen molar-refractivity contribution in [3.8, 4) is 0 Å². The molecule has 0 bridgehead atoms. The van der Waals surface area contributed by atoms with Crippen LogP contribution >= 0.6 is 0 Å². The molecule has 0 N–H and O–H groups in total. The van der Waals surface area contributed by atoms with Crippen LogP contribution < -0.4 is 5.56 Å². The van der Waals surface area contributed by atoms with E-state index in [1.807, 2.05) is 19.1 Å². The van der Waals surface area contributed by atoms with Crippen LogP contribution in [0.15, 0.2) is 41.5 Å². The molecule has 0 aromatic carbocycles. The normalized spacial score (nSPS) is 11.1. The Morgan fingerprint density at radius 1 is 1.25 bits per heavy atom. The lowest BCUT2D eigenvalue weighted by atomic mass is 10.3. The maximum atomic E-state index is 12.1. The van der Waals surface area contributed by atoms with E-state index in [-0.39, 0.29) is 5.56 Å². The van der Waals surface area contributed by atoms with Crippen LogP contribution in [0, 0.1) is 6.92 Å². The Morgan fingerprint density at radius 3 is 3.00 bits per heavy atom. The number of fused-ring (bicyclic) bond motifs is 2. The van der Waals surface area contributed by atoms with Crippen LogP contribution in [0.2, 0.25) is 0 Å². The van der Waals surface area contributed by atoms with Crippen molar-refractivity contribution < 1.29 is 0 Å². The van der Waals surface area contributed by atoms with Gasteiger partial charge in [0, 0.05) is 12.4 Å². The molecule has 0 fully saturated rings. The van der Waals surface area contributed by atoms with Gasteiger partial charge in [-0.3, -0.25) is 9.20 Å². The first-order chi connectivity index (χ1) is 7.75. The number of hydrogen-bond acceptors (Lipinski definition) is 3. The molecule has 0 radical (unpaired) electrons. The summed E-state index contributed by atoms with van der Waals surface area (Å²) >= 11 is 0. The number of hydrogen-bond donors (Lipinski definition) is 0. The summed E-state index contributed by atoms with van der Waals surface area (Å²) in [6.45, 7) is 1.94. The van der Waals surface area contributed by atoms with Crippen LogP contribution in [0.5, 0.6) is 0 Å². The van der Waals surface area contributed by atoms with Crippen molar-refractivity contribution in [2.75, 3.05) is 0 Å². The lowest BCUT2D eigenvalue weighted by Crippen LogP contribution is -2.15. The average Bonchev–Trinajstić information content (AvgIpc) is 2.31. The van der Waals surface area contributed by atoms with E-state index in [0.717, 1.165) is 5.56 Å². The molecule has 3 aromatic rings. The highest BCUT2D eigenvalue weighted by atomic mass is 16.1. The highest BCUT2D eigenvalue weighted by Crippen LogP contribution is 2.06. The van der Waals surface area contributed by atoms with E-state index >= 15 is 0 Å². The van der Waals surface area contributed by atoms with Gasteiger partial charge >= 0.3 is 0 Å². The quantitative estimate of drug-likeness (QED) is 0.530. The molecule has 0 aliphatic heterocycles. The number of aromatic nitrogens is 3. The predicted molar refractivity (Wildman–Crippen MR) is 61.5 cm³/mol. The van der Waals surface area contributed by atoms with Crippen molar-refractivity contribution in [3.05, 3.63) is 52.6 Å². The van der Waals surface area contributed by atoms with E-state index in [2.05, 4.69) is 9.97 Å². The van der Waals surface area contributed by atoms with Gasteiger partial charge in [-0.2, -0.15) is 0 Å². The summed E-state index contributed by atoms with van der Waals surface area (Å²) in [5.41, 5.74) is 2.08. The molecule has 0 unspecified atom stereocenters. The topological polar surface area (TPSA) is 47.3 Å². The van der Waals surface area contributed by atoms with E-state index in [4.69, 9.17) is 0 Å². The Kier molecular flexibility index (Phi) is 1.77. The lowest BCUT2D eigenvalue weighted by molar-refractivity contribution is 1.05. The van der Waals surface area contributed by atoms with Gasteiger partial charge < -0.3 is 0 Å². The van der Waals surface area contributed by atoms with E-state index in [9.17, 15) is 4.79 Å². The van der Waals surface area contributed by atoms with E-state index in [1.54, 1.807) is 28.9 Å². The molecular weight excluding hydrogens is 202 g/mol. The smallest absolute Gasteiger partial charge is 0.267 e. The van der Waals surface area contributed by atoms with E-state index < -0.39 is 0 Å². The molecule has 0 atom stereocenters. The summed E-state index contributed by atoms with van der Waals surface area (Å²) in [6, 6.07) is 7.24. The lowest BCUT2D eigenvalue weighted by Gasteiger charge is -2.02. The molecule has 0 amide bonds. The van der Waals surface area contributed by atoms with Crippen LogP contribution in [-0.2, 0) is 0 Å². The third-order valence-electron chi connectivity index (χ3n) is 2.53. The fraction of sp³-hybridized carbons (Fsp3) is 0.0833. The second-order valence-corrected chi connectivity index (χ2v) is 3.73. The zero-order chi connectivity index (χ0) is 11.1.